The van der Waals surface area contributed by atoms with E-state index in [1.54, 1.807) is 0 Å². The Morgan fingerprint density at radius 1 is 0.548 bits per heavy atom. The average Bonchev–Trinajstić information content (AvgIpc) is 3.82. The molecular weight excluding hydrogens is 755 g/mol. The highest BCUT2D eigenvalue weighted by molar-refractivity contribution is 7.01. The van der Waals surface area contributed by atoms with Crippen molar-refractivity contribution in [2.45, 2.75) is 112 Å². The van der Waals surface area contributed by atoms with Crippen molar-refractivity contribution in [2.75, 3.05) is 9.80 Å². The van der Waals surface area contributed by atoms with Gasteiger partial charge in [-0.3, -0.25) is 4.90 Å². The molecule has 0 amide bonds. The van der Waals surface area contributed by atoms with Crippen LogP contribution >= 0.6 is 0 Å². The Bertz CT molecular complexity index is 3060. The molecule has 0 N–H and O–H groups in total. The molecule has 0 atom stereocenters. The van der Waals surface area contributed by atoms with Crippen molar-refractivity contribution in [3.63, 3.8) is 0 Å². The summed E-state index contributed by atoms with van der Waals surface area (Å²) in [4.78, 5) is 5.03. The fraction of sp³-hybridized carbons (Fsp3) is 0.298. The molecule has 312 valence electrons. The molecule has 0 fully saturated rings. The van der Waals surface area contributed by atoms with E-state index in [1.165, 1.54) is 72.2 Å². The van der Waals surface area contributed by atoms with E-state index in [2.05, 4.69) is 197 Å². The second-order valence-electron chi connectivity index (χ2n) is 21.4. The van der Waals surface area contributed by atoms with Gasteiger partial charge in [0.15, 0.2) is 0 Å². The summed E-state index contributed by atoms with van der Waals surface area (Å²) >= 11 is 0. The molecule has 6 aromatic carbocycles. The predicted molar refractivity (Wildman–Crippen MR) is 265 cm³/mol. The third-order valence-electron chi connectivity index (χ3n) is 13.6. The fourth-order valence-electron chi connectivity index (χ4n) is 10.1. The minimum absolute atomic E-state index is 0.0396. The van der Waals surface area contributed by atoms with Crippen LogP contribution in [0.1, 0.15) is 115 Å². The van der Waals surface area contributed by atoms with Crippen LogP contribution in [0.4, 0.5) is 34.3 Å². The Morgan fingerprint density at radius 3 is 1.79 bits per heavy atom. The van der Waals surface area contributed by atoms with Crippen molar-refractivity contribution < 1.29 is 8.83 Å². The van der Waals surface area contributed by atoms with Gasteiger partial charge in [0.05, 0.1) is 12.0 Å². The lowest BCUT2D eigenvalue weighted by atomic mass is 9.33. The van der Waals surface area contributed by atoms with Crippen molar-refractivity contribution in [3.8, 4) is 11.1 Å². The summed E-state index contributed by atoms with van der Waals surface area (Å²) in [5.74, 6) is 1.19. The van der Waals surface area contributed by atoms with E-state index in [0.29, 0.717) is 0 Å². The van der Waals surface area contributed by atoms with Crippen LogP contribution in [0.5, 0.6) is 0 Å². The van der Waals surface area contributed by atoms with Crippen LogP contribution in [0.3, 0.4) is 0 Å². The Morgan fingerprint density at radius 2 is 1.15 bits per heavy atom. The monoisotopic (exact) mass is 814 g/mol. The number of anilines is 6. The van der Waals surface area contributed by atoms with Gasteiger partial charge in [0.1, 0.15) is 11.2 Å². The number of fused-ring (bicyclic) bond motifs is 7. The summed E-state index contributed by atoms with van der Waals surface area (Å²) < 4.78 is 13.4. The minimum Gasteiger partial charge on any atom is -0.464 e. The van der Waals surface area contributed by atoms with Crippen LogP contribution in [0.25, 0.3) is 33.1 Å². The maximum Gasteiger partial charge on any atom is 0.257 e. The van der Waals surface area contributed by atoms with Crippen molar-refractivity contribution in [1.82, 2.24) is 0 Å². The third kappa shape index (κ3) is 6.25. The van der Waals surface area contributed by atoms with E-state index < -0.39 is 0 Å². The summed E-state index contributed by atoms with van der Waals surface area (Å²) in [6, 6.07) is 41.4. The lowest BCUT2D eigenvalue weighted by molar-refractivity contribution is 0.589. The number of benzene rings is 6. The smallest absolute Gasteiger partial charge is 0.257 e. The molecule has 62 heavy (non-hydrogen) atoms. The minimum atomic E-state index is -0.0662. The second-order valence-corrected chi connectivity index (χ2v) is 21.4. The van der Waals surface area contributed by atoms with Gasteiger partial charge in [-0.1, -0.05) is 125 Å². The van der Waals surface area contributed by atoms with E-state index in [0.717, 1.165) is 44.9 Å². The lowest BCUT2D eigenvalue weighted by Crippen LogP contribution is -2.61. The molecule has 2 aromatic heterocycles. The maximum atomic E-state index is 7.31. The van der Waals surface area contributed by atoms with Crippen LogP contribution in [0, 0.1) is 13.8 Å². The number of aryl methyl sites for hydroxylation is 2. The van der Waals surface area contributed by atoms with Crippen molar-refractivity contribution in [1.29, 1.82) is 0 Å². The molecule has 0 saturated carbocycles. The normalized spacial score (nSPS) is 13.9. The van der Waals surface area contributed by atoms with Gasteiger partial charge in [0.25, 0.3) is 6.71 Å². The molecule has 8 aromatic rings. The van der Waals surface area contributed by atoms with Gasteiger partial charge in [0.2, 0.25) is 5.88 Å². The summed E-state index contributed by atoms with van der Waals surface area (Å²) in [6.45, 7) is 29.8. The molecule has 5 heteroatoms. The van der Waals surface area contributed by atoms with Crippen molar-refractivity contribution in [3.05, 3.63) is 149 Å². The highest BCUT2D eigenvalue weighted by Gasteiger charge is 2.47. The fourth-order valence-corrected chi connectivity index (χ4v) is 10.1. The zero-order valence-electron chi connectivity index (χ0n) is 38.8. The van der Waals surface area contributed by atoms with Gasteiger partial charge in [-0.2, -0.15) is 0 Å². The first kappa shape index (κ1) is 40.2. The number of furan rings is 2. The number of nitrogens with zero attached hydrogens (tertiary/aromatic N) is 2. The number of para-hydroxylation sites is 1. The number of hydrogen-bond acceptors (Lipinski definition) is 4. The zero-order chi connectivity index (χ0) is 43.8. The summed E-state index contributed by atoms with van der Waals surface area (Å²) in [5.41, 5.74) is 21.4. The molecule has 0 bridgehead atoms. The van der Waals surface area contributed by atoms with Crippen molar-refractivity contribution >= 4 is 79.4 Å². The van der Waals surface area contributed by atoms with Gasteiger partial charge in [-0.15, -0.1) is 0 Å². The molecule has 2 aliphatic heterocycles. The first-order valence-electron chi connectivity index (χ1n) is 22.5. The average molecular weight is 815 g/mol. The molecule has 10 rings (SSSR count). The highest BCUT2D eigenvalue weighted by Crippen LogP contribution is 2.50. The Kier molecular flexibility index (Phi) is 8.93. The predicted octanol–water partition coefficient (Wildman–Crippen LogP) is 14.6. The molecule has 0 radical (unpaired) electrons. The number of hydrogen-bond donors (Lipinski definition) is 0. The Labute approximate surface area is 368 Å². The zero-order valence-corrected chi connectivity index (χ0v) is 38.8. The Balaban J connectivity index is 1.32. The van der Waals surface area contributed by atoms with E-state index in [4.69, 9.17) is 8.83 Å². The molecule has 0 saturated heterocycles. The number of rotatable bonds is 4. The van der Waals surface area contributed by atoms with Gasteiger partial charge >= 0.3 is 0 Å². The SMILES string of the molecule is Cc1cc(-c2coc3ccccc23)cc(C)c1N1c2cc(C(C)C)cc3c2B(c2cc(C(C)(C)C)ccc2N3c2ccc(C(C)(C)C)cc2)c2c1oc1ccc(C(C)(C)C)cc21. The highest BCUT2D eigenvalue weighted by atomic mass is 16.4. The van der Waals surface area contributed by atoms with Crippen LogP contribution in [0.15, 0.2) is 124 Å². The van der Waals surface area contributed by atoms with Gasteiger partial charge in [-0.25, -0.2) is 0 Å². The van der Waals surface area contributed by atoms with Gasteiger partial charge < -0.3 is 13.7 Å². The molecule has 0 spiro atoms. The summed E-state index contributed by atoms with van der Waals surface area (Å²) in [7, 11) is 0. The van der Waals surface area contributed by atoms with Gasteiger partial charge in [-0.05, 0) is 147 Å². The standard InChI is InChI=1S/C57H59BN2O2/c1-33(2)36-28-47-52-48(29-36)60(53-34(3)26-37(27-35(53)4)44-32-61-49-17-15-14-16-42(44)49)54-51(43-30-39(56(8,9)10)21-25-50(43)62-54)58(52)45-31-40(57(11,12)13)20-24-46(45)59(47)41-22-18-38(19-23-41)55(5,6)7/h14-33H,1-13H3. The summed E-state index contributed by atoms with van der Waals surface area (Å²) in [6.07, 6.45) is 1.91. The topological polar surface area (TPSA) is 32.8 Å². The third-order valence-corrected chi connectivity index (χ3v) is 13.6. The molecule has 2 aliphatic rings. The summed E-state index contributed by atoms with van der Waals surface area (Å²) in [5, 5.41) is 2.30. The first-order valence-corrected chi connectivity index (χ1v) is 22.5. The van der Waals surface area contributed by atoms with Crippen LogP contribution in [-0.2, 0) is 16.2 Å². The first-order chi connectivity index (χ1) is 29.3. The van der Waals surface area contributed by atoms with E-state index >= 15 is 0 Å². The van der Waals surface area contributed by atoms with Crippen molar-refractivity contribution in [2.24, 2.45) is 0 Å². The van der Waals surface area contributed by atoms with E-state index in [1.807, 2.05) is 18.4 Å². The van der Waals surface area contributed by atoms with Crippen LogP contribution in [-0.4, -0.2) is 6.71 Å². The lowest BCUT2D eigenvalue weighted by Gasteiger charge is -2.44. The Hall–Kier alpha value is -5.94. The van der Waals surface area contributed by atoms with Crippen LogP contribution in [0.2, 0.25) is 0 Å². The molecule has 0 aliphatic carbocycles. The quantitative estimate of drug-likeness (QED) is 0.166. The van der Waals surface area contributed by atoms with Crippen LogP contribution < -0.4 is 26.2 Å². The maximum absolute atomic E-state index is 7.31. The molecule has 0 unspecified atom stereocenters. The molecule has 4 heterocycles. The second kappa shape index (κ2) is 13.8. The van der Waals surface area contributed by atoms with E-state index in [9.17, 15) is 0 Å². The largest absolute Gasteiger partial charge is 0.464 e. The van der Waals surface area contributed by atoms with Gasteiger partial charge in [0, 0.05) is 44.5 Å². The molecule has 4 nitrogen and oxygen atoms in total. The van der Waals surface area contributed by atoms with E-state index in [-0.39, 0.29) is 28.9 Å². The molecular formula is C57H59BN2O2.